The van der Waals surface area contributed by atoms with E-state index in [1.54, 1.807) is 66.7 Å². The highest BCUT2D eigenvalue weighted by Gasteiger charge is 2.18. The van der Waals surface area contributed by atoms with Gasteiger partial charge in [0.1, 0.15) is 5.75 Å². The zero-order valence-electron chi connectivity index (χ0n) is 18.1. The number of hydrogen-bond acceptors (Lipinski definition) is 4. The number of sulfonamides is 1. The van der Waals surface area contributed by atoms with Crippen molar-refractivity contribution in [2.24, 2.45) is 0 Å². The summed E-state index contributed by atoms with van der Waals surface area (Å²) in [4.78, 5) is 12.7. The zero-order chi connectivity index (χ0) is 23.3. The van der Waals surface area contributed by atoms with Crippen LogP contribution in [0.15, 0.2) is 72.8 Å². The normalized spacial score (nSPS) is 11.3. The molecule has 0 unspecified atom stereocenters. The Bertz CT molecular complexity index is 1180. The maximum absolute atomic E-state index is 12.7. The lowest BCUT2D eigenvalue weighted by Crippen LogP contribution is -2.29. The lowest BCUT2D eigenvalue weighted by Gasteiger charge is -2.23. The van der Waals surface area contributed by atoms with Gasteiger partial charge in [0.05, 0.1) is 24.6 Å². The lowest BCUT2D eigenvalue weighted by molar-refractivity contribution is 0.102. The van der Waals surface area contributed by atoms with Crippen molar-refractivity contribution in [3.63, 3.8) is 0 Å². The second-order valence-corrected chi connectivity index (χ2v) is 9.93. The SMILES string of the molecule is CC(C)Oc1cccc(NC(=O)c2ccc(N(Cc3ccc(Cl)cc3)S(C)(=O)=O)cc2)c1. The van der Waals surface area contributed by atoms with Gasteiger partial charge in [0, 0.05) is 22.3 Å². The molecule has 0 aliphatic heterocycles. The van der Waals surface area contributed by atoms with Crippen LogP contribution in [-0.2, 0) is 16.6 Å². The summed E-state index contributed by atoms with van der Waals surface area (Å²) < 4.78 is 31.7. The van der Waals surface area contributed by atoms with Crippen LogP contribution >= 0.6 is 11.6 Å². The van der Waals surface area contributed by atoms with Crippen LogP contribution in [0, 0.1) is 0 Å². The molecular formula is C24H25ClN2O4S. The molecule has 32 heavy (non-hydrogen) atoms. The predicted molar refractivity (Wildman–Crippen MR) is 129 cm³/mol. The highest BCUT2D eigenvalue weighted by molar-refractivity contribution is 7.92. The fraction of sp³-hybridized carbons (Fsp3) is 0.208. The van der Waals surface area contributed by atoms with E-state index in [1.165, 1.54) is 4.31 Å². The summed E-state index contributed by atoms with van der Waals surface area (Å²) in [6.45, 7) is 4.02. The molecule has 8 heteroatoms. The van der Waals surface area contributed by atoms with Gasteiger partial charge < -0.3 is 10.1 Å². The maximum Gasteiger partial charge on any atom is 0.255 e. The Morgan fingerprint density at radius 3 is 2.28 bits per heavy atom. The van der Waals surface area contributed by atoms with Gasteiger partial charge in [0.25, 0.3) is 5.91 Å². The number of rotatable bonds is 8. The lowest BCUT2D eigenvalue weighted by atomic mass is 10.1. The van der Waals surface area contributed by atoms with E-state index in [9.17, 15) is 13.2 Å². The molecule has 1 amide bonds. The molecule has 6 nitrogen and oxygen atoms in total. The Hall–Kier alpha value is -3.03. The number of amides is 1. The van der Waals surface area contributed by atoms with Gasteiger partial charge in [-0.05, 0) is 67.9 Å². The van der Waals surface area contributed by atoms with E-state index in [2.05, 4.69) is 5.32 Å². The molecule has 3 rings (SSSR count). The van der Waals surface area contributed by atoms with Gasteiger partial charge in [-0.3, -0.25) is 9.10 Å². The second kappa shape index (κ2) is 10.1. The molecule has 0 spiro atoms. The first-order valence-electron chi connectivity index (χ1n) is 10.0. The van der Waals surface area contributed by atoms with Gasteiger partial charge in [-0.2, -0.15) is 0 Å². The highest BCUT2D eigenvalue weighted by Crippen LogP contribution is 2.23. The number of nitrogens with one attached hydrogen (secondary N) is 1. The topological polar surface area (TPSA) is 75.7 Å². The smallest absolute Gasteiger partial charge is 0.255 e. The summed E-state index contributed by atoms with van der Waals surface area (Å²) in [5.74, 6) is 0.362. The molecule has 0 atom stereocenters. The third-order valence-electron chi connectivity index (χ3n) is 4.52. The van der Waals surface area contributed by atoms with E-state index >= 15 is 0 Å². The number of benzene rings is 3. The van der Waals surface area contributed by atoms with E-state index in [0.717, 1.165) is 11.8 Å². The van der Waals surface area contributed by atoms with Crippen molar-refractivity contribution in [2.45, 2.75) is 26.5 Å². The average molecular weight is 473 g/mol. The summed E-state index contributed by atoms with van der Waals surface area (Å²) in [7, 11) is -3.54. The molecule has 0 aliphatic carbocycles. The maximum atomic E-state index is 12.7. The molecule has 0 saturated carbocycles. The Kier molecular flexibility index (Phi) is 7.43. The quantitative estimate of drug-likeness (QED) is 0.479. The summed E-state index contributed by atoms with van der Waals surface area (Å²) in [5, 5.41) is 3.41. The third kappa shape index (κ3) is 6.48. The zero-order valence-corrected chi connectivity index (χ0v) is 19.7. The number of ether oxygens (including phenoxy) is 1. The molecule has 0 aliphatic rings. The molecule has 0 aromatic heterocycles. The van der Waals surface area contributed by atoms with Gasteiger partial charge in [0.2, 0.25) is 10.0 Å². The Morgan fingerprint density at radius 1 is 1.03 bits per heavy atom. The summed E-state index contributed by atoms with van der Waals surface area (Å²) >= 11 is 5.91. The van der Waals surface area contributed by atoms with Gasteiger partial charge in [-0.1, -0.05) is 29.8 Å². The number of halogens is 1. The van der Waals surface area contributed by atoms with Crippen molar-refractivity contribution in [1.82, 2.24) is 0 Å². The molecule has 0 bridgehead atoms. The van der Waals surface area contributed by atoms with Gasteiger partial charge in [-0.25, -0.2) is 8.42 Å². The molecule has 168 valence electrons. The average Bonchev–Trinajstić information content (AvgIpc) is 2.72. The highest BCUT2D eigenvalue weighted by atomic mass is 35.5. The van der Waals surface area contributed by atoms with E-state index in [-0.39, 0.29) is 18.6 Å². The largest absolute Gasteiger partial charge is 0.491 e. The van der Waals surface area contributed by atoms with Crippen LogP contribution in [0.25, 0.3) is 0 Å². The van der Waals surface area contributed by atoms with Crippen LogP contribution < -0.4 is 14.4 Å². The van der Waals surface area contributed by atoms with E-state index in [1.807, 2.05) is 19.9 Å². The first kappa shape index (κ1) is 23.6. The van der Waals surface area contributed by atoms with Crippen molar-refractivity contribution >= 4 is 38.9 Å². The molecule has 0 radical (unpaired) electrons. The molecule has 3 aromatic carbocycles. The predicted octanol–water partition coefficient (Wildman–Crippen LogP) is 5.35. The van der Waals surface area contributed by atoms with Crippen molar-refractivity contribution < 1.29 is 17.9 Å². The molecule has 1 N–H and O–H groups in total. The van der Waals surface area contributed by atoms with Crippen LogP contribution in [0.4, 0.5) is 11.4 Å². The molecule has 0 fully saturated rings. The van der Waals surface area contributed by atoms with E-state index in [0.29, 0.717) is 27.7 Å². The minimum Gasteiger partial charge on any atom is -0.491 e. The summed E-state index contributed by atoms with van der Waals surface area (Å²) in [6.07, 6.45) is 1.18. The third-order valence-corrected chi connectivity index (χ3v) is 5.91. The molecule has 0 saturated heterocycles. The first-order chi connectivity index (χ1) is 15.1. The van der Waals surface area contributed by atoms with Crippen LogP contribution in [-0.4, -0.2) is 26.7 Å². The number of hydrogen-bond donors (Lipinski definition) is 1. The van der Waals surface area contributed by atoms with E-state index < -0.39 is 10.0 Å². The Balaban J connectivity index is 1.76. The molecular weight excluding hydrogens is 448 g/mol. The van der Waals surface area contributed by atoms with Gasteiger partial charge in [-0.15, -0.1) is 0 Å². The standard InChI is InChI=1S/C24H25ClN2O4S/c1-17(2)31-23-6-4-5-21(15-23)26-24(28)19-9-13-22(14-10-19)27(32(3,29)30)16-18-7-11-20(25)12-8-18/h4-15,17H,16H2,1-3H3,(H,26,28). The monoisotopic (exact) mass is 472 g/mol. The number of carbonyl (C=O) groups is 1. The van der Waals surface area contributed by atoms with Gasteiger partial charge in [0.15, 0.2) is 0 Å². The van der Waals surface area contributed by atoms with Crippen LogP contribution in [0.1, 0.15) is 29.8 Å². The summed E-state index contributed by atoms with van der Waals surface area (Å²) in [6, 6.07) is 20.6. The van der Waals surface area contributed by atoms with Crippen molar-refractivity contribution in [2.75, 3.05) is 15.9 Å². The summed E-state index contributed by atoms with van der Waals surface area (Å²) in [5.41, 5.74) is 2.28. The Labute approximate surface area is 193 Å². The fourth-order valence-corrected chi connectivity index (χ4v) is 4.07. The van der Waals surface area contributed by atoms with Crippen LogP contribution in [0.5, 0.6) is 5.75 Å². The minimum atomic E-state index is -3.54. The van der Waals surface area contributed by atoms with Crippen molar-refractivity contribution in [3.05, 3.63) is 88.9 Å². The number of carbonyl (C=O) groups excluding carboxylic acids is 1. The fourth-order valence-electron chi connectivity index (χ4n) is 3.06. The number of anilines is 2. The Morgan fingerprint density at radius 2 is 1.69 bits per heavy atom. The molecule has 0 heterocycles. The second-order valence-electron chi connectivity index (χ2n) is 7.59. The van der Waals surface area contributed by atoms with Crippen molar-refractivity contribution in [1.29, 1.82) is 0 Å². The minimum absolute atomic E-state index is 0.0270. The molecule has 3 aromatic rings. The van der Waals surface area contributed by atoms with E-state index in [4.69, 9.17) is 16.3 Å². The first-order valence-corrected chi connectivity index (χ1v) is 12.2. The van der Waals surface area contributed by atoms with Crippen molar-refractivity contribution in [3.8, 4) is 5.75 Å². The number of nitrogens with zero attached hydrogens (tertiary/aromatic N) is 1. The van der Waals surface area contributed by atoms with Gasteiger partial charge >= 0.3 is 0 Å². The van der Waals surface area contributed by atoms with Crippen LogP contribution in [0.2, 0.25) is 5.02 Å². The van der Waals surface area contributed by atoms with Crippen LogP contribution in [0.3, 0.4) is 0 Å².